The number of urea groups is 1. The maximum Gasteiger partial charge on any atom is 0.317 e. The molecule has 5 nitrogen and oxygen atoms in total. The minimum Gasteiger partial charge on any atom is -0.334 e. The molecule has 2 atom stereocenters. The van der Waals surface area contributed by atoms with Gasteiger partial charge in [-0.2, -0.15) is 0 Å². The molecule has 0 radical (unpaired) electrons. The van der Waals surface area contributed by atoms with Gasteiger partial charge in [0.15, 0.2) is 0 Å². The van der Waals surface area contributed by atoms with E-state index in [1.54, 1.807) is 4.90 Å². The van der Waals surface area contributed by atoms with Gasteiger partial charge in [-0.1, -0.05) is 20.3 Å². The van der Waals surface area contributed by atoms with E-state index >= 15 is 0 Å². The summed E-state index contributed by atoms with van der Waals surface area (Å²) in [6, 6.07) is 0.109. The predicted molar refractivity (Wildman–Crippen MR) is 94.6 cm³/mol. The van der Waals surface area contributed by atoms with Crippen LogP contribution < -0.4 is 10.6 Å². The zero-order valence-corrected chi connectivity index (χ0v) is 15.2. The normalized spacial score (nSPS) is 19.4. The third-order valence-corrected chi connectivity index (χ3v) is 4.54. The van der Waals surface area contributed by atoms with Crippen LogP contribution in [0.3, 0.4) is 0 Å². The summed E-state index contributed by atoms with van der Waals surface area (Å²) >= 11 is 0. The minimum absolute atomic E-state index is 0.00360. The monoisotopic (exact) mass is 325 g/mol. The lowest BCUT2D eigenvalue weighted by Crippen LogP contribution is -2.48. The third-order valence-electron chi connectivity index (χ3n) is 4.54. The van der Waals surface area contributed by atoms with Gasteiger partial charge in [0.1, 0.15) is 5.78 Å². The highest BCUT2D eigenvalue weighted by molar-refractivity contribution is 5.79. The third kappa shape index (κ3) is 8.35. The quantitative estimate of drug-likeness (QED) is 0.607. The number of amides is 2. The van der Waals surface area contributed by atoms with Crippen LogP contribution in [0.5, 0.6) is 0 Å². The molecule has 0 aromatic rings. The Morgan fingerprint density at radius 3 is 2.78 bits per heavy atom. The molecular formula is C18H35N3O2. The Balaban J connectivity index is 2.49. The molecule has 2 N–H and O–H groups in total. The fourth-order valence-corrected chi connectivity index (χ4v) is 3.15. The highest BCUT2D eigenvalue weighted by Gasteiger charge is 2.24. The Morgan fingerprint density at radius 1 is 1.35 bits per heavy atom. The zero-order chi connectivity index (χ0) is 17.1. The van der Waals surface area contributed by atoms with Gasteiger partial charge in [-0.15, -0.1) is 0 Å². The maximum atomic E-state index is 12.3. The van der Waals surface area contributed by atoms with Crippen LogP contribution in [0.4, 0.5) is 4.79 Å². The van der Waals surface area contributed by atoms with Crippen molar-refractivity contribution in [2.45, 2.75) is 71.3 Å². The highest BCUT2D eigenvalue weighted by Crippen LogP contribution is 2.25. The molecule has 1 fully saturated rings. The van der Waals surface area contributed by atoms with Gasteiger partial charge in [0, 0.05) is 39.0 Å². The van der Waals surface area contributed by atoms with Crippen molar-refractivity contribution in [1.82, 2.24) is 15.5 Å². The Labute approximate surface area is 141 Å². The number of ketones is 1. The topological polar surface area (TPSA) is 61.4 Å². The van der Waals surface area contributed by atoms with Crippen molar-refractivity contribution < 1.29 is 9.59 Å². The first-order valence-corrected chi connectivity index (χ1v) is 9.30. The Kier molecular flexibility index (Phi) is 9.92. The summed E-state index contributed by atoms with van der Waals surface area (Å²) in [6.07, 6.45) is 7.63. The largest absolute Gasteiger partial charge is 0.334 e. The number of Topliss-reactive ketones (excluding diaryl/α,β-unsaturated/α-hetero) is 1. The molecule has 134 valence electrons. The van der Waals surface area contributed by atoms with Crippen LogP contribution in [0.1, 0.15) is 65.2 Å². The van der Waals surface area contributed by atoms with Crippen molar-refractivity contribution >= 4 is 11.8 Å². The molecule has 2 amide bonds. The van der Waals surface area contributed by atoms with Crippen LogP contribution in [0, 0.1) is 5.92 Å². The zero-order valence-electron chi connectivity index (χ0n) is 15.2. The second-order valence-electron chi connectivity index (χ2n) is 6.86. The van der Waals surface area contributed by atoms with E-state index in [4.69, 9.17) is 0 Å². The average Bonchev–Trinajstić information content (AvgIpc) is 2.52. The Bertz CT molecular complexity index is 360. The number of hydrogen-bond donors (Lipinski definition) is 2. The number of hydrogen-bond acceptors (Lipinski definition) is 3. The summed E-state index contributed by atoms with van der Waals surface area (Å²) in [5.74, 6) is 0.804. The van der Waals surface area contributed by atoms with Crippen molar-refractivity contribution in [2.24, 2.45) is 5.92 Å². The van der Waals surface area contributed by atoms with Gasteiger partial charge in [-0.25, -0.2) is 4.79 Å². The lowest BCUT2D eigenvalue weighted by atomic mass is 9.84. The summed E-state index contributed by atoms with van der Waals surface area (Å²) in [6.45, 7) is 6.80. The van der Waals surface area contributed by atoms with E-state index in [2.05, 4.69) is 24.5 Å². The van der Waals surface area contributed by atoms with Gasteiger partial charge in [-0.05, 0) is 44.6 Å². The van der Waals surface area contributed by atoms with E-state index in [9.17, 15) is 9.59 Å². The minimum atomic E-state index is 0.00360. The molecule has 1 rings (SSSR count). The molecule has 1 aliphatic carbocycles. The molecule has 0 aliphatic heterocycles. The SMILES string of the molecule is CCCCN(C)C(=O)N[C@H](CNCCC)C[C@H]1CCCC(=O)C1. The molecule has 0 saturated heterocycles. The smallest absolute Gasteiger partial charge is 0.317 e. The summed E-state index contributed by atoms with van der Waals surface area (Å²) in [7, 11) is 1.85. The molecular weight excluding hydrogens is 290 g/mol. The standard InChI is InChI=1S/C18H35N3O2/c1-4-6-11-21(3)18(23)20-16(14-19-10-5-2)12-15-8-7-9-17(22)13-15/h15-16,19H,4-14H2,1-3H3,(H,20,23)/t15-,16+/m1/s1. The van der Waals surface area contributed by atoms with Gasteiger partial charge in [0.2, 0.25) is 0 Å². The number of carbonyl (C=O) groups is 2. The van der Waals surface area contributed by atoms with Crippen LogP contribution in [-0.4, -0.2) is 49.4 Å². The van der Waals surface area contributed by atoms with Crippen LogP contribution in [-0.2, 0) is 4.79 Å². The van der Waals surface area contributed by atoms with Gasteiger partial charge >= 0.3 is 6.03 Å². The second kappa shape index (κ2) is 11.4. The van der Waals surface area contributed by atoms with Gasteiger partial charge in [0.05, 0.1) is 0 Å². The molecule has 0 spiro atoms. The van der Waals surface area contributed by atoms with Crippen molar-refractivity contribution in [2.75, 3.05) is 26.7 Å². The molecule has 0 unspecified atom stereocenters. The first-order chi connectivity index (χ1) is 11.1. The number of unbranched alkanes of at least 4 members (excludes halogenated alkanes) is 1. The lowest BCUT2D eigenvalue weighted by Gasteiger charge is -2.28. The predicted octanol–water partition coefficient (Wildman–Crippen LogP) is 2.95. The van der Waals surface area contributed by atoms with Crippen molar-refractivity contribution in [3.05, 3.63) is 0 Å². The Morgan fingerprint density at radius 2 is 2.13 bits per heavy atom. The van der Waals surface area contributed by atoms with E-state index in [0.717, 1.165) is 64.6 Å². The number of rotatable bonds is 10. The summed E-state index contributed by atoms with van der Waals surface area (Å²) < 4.78 is 0. The van der Waals surface area contributed by atoms with Gasteiger partial charge in [-0.3, -0.25) is 4.79 Å². The van der Waals surface area contributed by atoms with E-state index in [1.807, 2.05) is 7.05 Å². The average molecular weight is 325 g/mol. The van der Waals surface area contributed by atoms with Crippen LogP contribution >= 0.6 is 0 Å². The van der Waals surface area contributed by atoms with E-state index in [-0.39, 0.29) is 12.1 Å². The van der Waals surface area contributed by atoms with Crippen LogP contribution in [0.15, 0.2) is 0 Å². The molecule has 0 aromatic heterocycles. The maximum absolute atomic E-state index is 12.3. The van der Waals surface area contributed by atoms with E-state index in [1.165, 1.54) is 0 Å². The molecule has 1 aliphatic rings. The second-order valence-corrected chi connectivity index (χ2v) is 6.86. The van der Waals surface area contributed by atoms with Crippen LogP contribution in [0.25, 0.3) is 0 Å². The summed E-state index contributed by atoms with van der Waals surface area (Å²) in [5, 5.41) is 6.57. The van der Waals surface area contributed by atoms with Gasteiger partial charge in [0.25, 0.3) is 0 Å². The van der Waals surface area contributed by atoms with Crippen molar-refractivity contribution in [1.29, 1.82) is 0 Å². The number of nitrogens with one attached hydrogen (secondary N) is 2. The molecule has 0 aromatic carbocycles. The molecule has 23 heavy (non-hydrogen) atoms. The molecule has 0 heterocycles. The number of nitrogens with zero attached hydrogens (tertiary/aromatic N) is 1. The first kappa shape index (κ1) is 19.9. The highest BCUT2D eigenvalue weighted by atomic mass is 16.2. The van der Waals surface area contributed by atoms with Crippen molar-refractivity contribution in [3.63, 3.8) is 0 Å². The molecule has 0 bridgehead atoms. The molecule has 5 heteroatoms. The number of carbonyl (C=O) groups excluding carboxylic acids is 2. The lowest BCUT2D eigenvalue weighted by molar-refractivity contribution is -0.121. The fraction of sp³-hybridized carbons (Fsp3) is 0.889. The Hall–Kier alpha value is -1.10. The van der Waals surface area contributed by atoms with Gasteiger partial charge < -0.3 is 15.5 Å². The molecule has 1 saturated carbocycles. The van der Waals surface area contributed by atoms with E-state index in [0.29, 0.717) is 18.1 Å². The fourth-order valence-electron chi connectivity index (χ4n) is 3.15. The first-order valence-electron chi connectivity index (χ1n) is 9.30. The van der Waals surface area contributed by atoms with Crippen LogP contribution in [0.2, 0.25) is 0 Å². The summed E-state index contributed by atoms with van der Waals surface area (Å²) in [5.41, 5.74) is 0. The van der Waals surface area contributed by atoms with Crippen molar-refractivity contribution in [3.8, 4) is 0 Å². The van der Waals surface area contributed by atoms with E-state index < -0.39 is 0 Å². The summed E-state index contributed by atoms with van der Waals surface area (Å²) in [4.78, 5) is 25.7.